The number of nitrogens with one attached hydrogen (secondary N) is 2. The number of rotatable bonds is 4. The molecule has 0 spiro atoms. The van der Waals surface area contributed by atoms with E-state index < -0.39 is 0 Å². The lowest BCUT2D eigenvalue weighted by atomic mass is 9.82. The van der Waals surface area contributed by atoms with Crippen molar-refractivity contribution in [3.8, 4) is 0 Å². The second-order valence-electron chi connectivity index (χ2n) is 6.31. The fourth-order valence-corrected chi connectivity index (χ4v) is 3.06. The Morgan fingerprint density at radius 3 is 2.70 bits per heavy atom. The van der Waals surface area contributed by atoms with Crippen molar-refractivity contribution >= 4 is 28.2 Å². The Bertz CT molecular complexity index is 489. The van der Waals surface area contributed by atoms with Gasteiger partial charge in [0, 0.05) is 12.1 Å². The predicted octanol–water partition coefficient (Wildman–Crippen LogP) is 1.44. The highest BCUT2D eigenvalue weighted by atomic mass is 32.1. The summed E-state index contributed by atoms with van der Waals surface area (Å²) in [6.45, 7) is 6.64. The quantitative estimate of drug-likeness (QED) is 0.674. The molecule has 1 aromatic heterocycles. The molecule has 0 saturated heterocycles. The summed E-state index contributed by atoms with van der Waals surface area (Å²) in [5, 5.41) is 15.9. The van der Waals surface area contributed by atoms with E-state index in [4.69, 9.17) is 5.73 Å². The summed E-state index contributed by atoms with van der Waals surface area (Å²) in [5.74, 6) is 0.437. The molecule has 1 heterocycles. The number of nitrogens with zero attached hydrogens (tertiary/aromatic N) is 1. The Morgan fingerprint density at radius 2 is 2.15 bits per heavy atom. The normalized spacial score (nSPS) is 22.2. The number of amides is 1. The van der Waals surface area contributed by atoms with Crippen LogP contribution >= 0.6 is 11.3 Å². The third-order valence-electron chi connectivity index (χ3n) is 3.10. The molecule has 1 fully saturated rings. The van der Waals surface area contributed by atoms with Gasteiger partial charge >= 0.3 is 0 Å². The number of carbonyl (C=O) groups is 1. The fourth-order valence-electron chi connectivity index (χ4n) is 2.05. The zero-order valence-corrected chi connectivity index (χ0v) is 12.9. The number of nitrogens with two attached hydrogens (primary N) is 1. The van der Waals surface area contributed by atoms with E-state index in [1.165, 1.54) is 11.3 Å². The Balaban J connectivity index is 1.92. The Kier molecular flexibility index (Phi) is 4.19. The van der Waals surface area contributed by atoms with Crippen LogP contribution in [0.5, 0.6) is 0 Å². The minimum atomic E-state index is -0.201. The lowest BCUT2D eigenvalue weighted by molar-refractivity contribution is 0.0420. The minimum Gasteiger partial charge on any atom is -0.393 e. The average molecular weight is 298 g/mol. The standard InChI is InChI=1S/C13H22N4O2S/c1-13(2,3)17-12-16-10(14)9(20-12)11(19)15-6-7-4-8(18)5-7/h7-8,18H,4-6,14H2,1-3H3,(H,15,19)(H,16,17). The van der Waals surface area contributed by atoms with Gasteiger partial charge in [-0.1, -0.05) is 11.3 Å². The SMILES string of the molecule is CC(C)(C)Nc1nc(N)c(C(=O)NCC2CC(O)C2)s1. The van der Waals surface area contributed by atoms with Gasteiger partial charge < -0.3 is 21.5 Å². The van der Waals surface area contributed by atoms with Crippen molar-refractivity contribution in [3.05, 3.63) is 4.88 Å². The minimum absolute atomic E-state index is 0.125. The summed E-state index contributed by atoms with van der Waals surface area (Å²) in [5.41, 5.74) is 5.67. The monoisotopic (exact) mass is 298 g/mol. The number of aliphatic hydroxyl groups excluding tert-OH is 1. The van der Waals surface area contributed by atoms with Crippen molar-refractivity contribution in [2.24, 2.45) is 5.92 Å². The van der Waals surface area contributed by atoms with E-state index in [9.17, 15) is 9.90 Å². The van der Waals surface area contributed by atoms with Crippen molar-refractivity contribution in [3.63, 3.8) is 0 Å². The number of hydrogen-bond acceptors (Lipinski definition) is 6. The van der Waals surface area contributed by atoms with E-state index in [0.29, 0.717) is 22.5 Å². The first-order chi connectivity index (χ1) is 9.24. The van der Waals surface area contributed by atoms with Gasteiger partial charge in [0.2, 0.25) is 0 Å². The molecule has 5 N–H and O–H groups in total. The maximum atomic E-state index is 12.1. The molecule has 20 heavy (non-hydrogen) atoms. The van der Waals surface area contributed by atoms with E-state index in [2.05, 4.69) is 15.6 Å². The number of nitrogen functional groups attached to an aromatic ring is 1. The molecule has 0 aliphatic heterocycles. The molecule has 1 aliphatic carbocycles. The van der Waals surface area contributed by atoms with Crippen LogP contribution in [-0.4, -0.2) is 34.2 Å². The molecule has 0 atom stereocenters. The van der Waals surface area contributed by atoms with Crippen LogP contribution in [0.4, 0.5) is 10.9 Å². The van der Waals surface area contributed by atoms with Gasteiger partial charge in [-0.15, -0.1) is 0 Å². The molecule has 6 nitrogen and oxygen atoms in total. The van der Waals surface area contributed by atoms with Gasteiger partial charge in [0.1, 0.15) is 10.7 Å². The number of anilines is 2. The first-order valence-electron chi connectivity index (χ1n) is 6.75. The third kappa shape index (κ3) is 3.83. The second kappa shape index (κ2) is 5.57. The van der Waals surface area contributed by atoms with Gasteiger partial charge in [0.05, 0.1) is 6.10 Å². The predicted molar refractivity (Wildman–Crippen MR) is 81.0 cm³/mol. The Labute approximate surface area is 122 Å². The van der Waals surface area contributed by atoms with E-state index in [0.717, 1.165) is 12.8 Å². The van der Waals surface area contributed by atoms with Gasteiger partial charge in [0.25, 0.3) is 5.91 Å². The van der Waals surface area contributed by atoms with E-state index in [1.54, 1.807) is 0 Å². The van der Waals surface area contributed by atoms with Crippen LogP contribution in [0.15, 0.2) is 0 Å². The highest BCUT2D eigenvalue weighted by Crippen LogP contribution is 2.28. The summed E-state index contributed by atoms with van der Waals surface area (Å²) < 4.78 is 0. The van der Waals surface area contributed by atoms with Crippen LogP contribution < -0.4 is 16.4 Å². The number of carbonyl (C=O) groups excluding carboxylic acids is 1. The number of hydrogen-bond donors (Lipinski definition) is 4. The number of aromatic nitrogens is 1. The molecular weight excluding hydrogens is 276 g/mol. The summed E-state index contributed by atoms with van der Waals surface area (Å²) in [4.78, 5) is 16.7. The zero-order valence-electron chi connectivity index (χ0n) is 12.1. The van der Waals surface area contributed by atoms with Gasteiger partial charge in [-0.25, -0.2) is 4.98 Å². The highest BCUT2D eigenvalue weighted by Gasteiger charge is 2.28. The molecule has 112 valence electrons. The smallest absolute Gasteiger partial charge is 0.265 e. The molecule has 0 radical (unpaired) electrons. The van der Waals surface area contributed by atoms with Gasteiger partial charge in [-0.05, 0) is 39.5 Å². The van der Waals surface area contributed by atoms with Crippen LogP contribution in [-0.2, 0) is 0 Å². The van der Waals surface area contributed by atoms with Crippen LogP contribution in [0.1, 0.15) is 43.3 Å². The summed E-state index contributed by atoms with van der Waals surface area (Å²) in [7, 11) is 0. The summed E-state index contributed by atoms with van der Waals surface area (Å²) >= 11 is 1.26. The van der Waals surface area contributed by atoms with Crippen molar-refractivity contribution < 1.29 is 9.90 Å². The molecular formula is C13H22N4O2S. The molecule has 0 aromatic carbocycles. The molecule has 1 aliphatic rings. The first-order valence-corrected chi connectivity index (χ1v) is 7.57. The molecule has 1 amide bonds. The average Bonchev–Trinajstić information content (AvgIpc) is 2.61. The summed E-state index contributed by atoms with van der Waals surface area (Å²) in [6, 6.07) is 0. The largest absolute Gasteiger partial charge is 0.393 e. The molecule has 2 rings (SSSR count). The Hall–Kier alpha value is -1.34. The maximum Gasteiger partial charge on any atom is 0.265 e. The topological polar surface area (TPSA) is 100 Å². The van der Waals surface area contributed by atoms with E-state index in [1.807, 2.05) is 20.8 Å². The van der Waals surface area contributed by atoms with Crippen LogP contribution in [0.3, 0.4) is 0 Å². The van der Waals surface area contributed by atoms with E-state index >= 15 is 0 Å². The van der Waals surface area contributed by atoms with Crippen LogP contribution in [0, 0.1) is 5.92 Å². The fraction of sp³-hybridized carbons (Fsp3) is 0.692. The highest BCUT2D eigenvalue weighted by molar-refractivity contribution is 7.18. The first kappa shape index (κ1) is 15.1. The lowest BCUT2D eigenvalue weighted by Crippen LogP contribution is -2.38. The van der Waals surface area contributed by atoms with Crippen molar-refractivity contribution in [1.29, 1.82) is 0 Å². The van der Waals surface area contributed by atoms with E-state index in [-0.39, 0.29) is 23.4 Å². The Morgan fingerprint density at radius 1 is 1.50 bits per heavy atom. The summed E-state index contributed by atoms with van der Waals surface area (Å²) in [6.07, 6.45) is 1.32. The molecule has 0 unspecified atom stereocenters. The second-order valence-corrected chi connectivity index (χ2v) is 7.31. The van der Waals surface area contributed by atoms with Crippen molar-refractivity contribution in [2.75, 3.05) is 17.6 Å². The van der Waals surface area contributed by atoms with Gasteiger partial charge in [-0.2, -0.15) is 0 Å². The van der Waals surface area contributed by atoms with Crippen molar-refractivity contribution in [2.45, 2.75) is 45.3 Å². The third-order valence-corrected chi connectivity index (χ3v) is 4.09. The number of thiazole rings is 1. The van der Waals surface area contributed by atoms with Crippen LogP contribution in [0.25, 0.3) is 0 Å². The van der Waals surface area contributed by atoms with Gasteiger partial charge in [-0.3, -0.25) is 4.79 Å². The number of aliphatic hydroxyl groups is 1. The van der Waals surface area contributed by atoms with Crippen LogP contribution in [0.2, 0.25) is 0 Å². The molecule has 1 aromatic rings. The van der Waals surface area contributed by atoms with Crippen molar-refractivity contribution in [1.82, 2.24) is 10.3 Å². The molecule has 0 bridgehead atoms. The maximum absolute atomic E-state index is 12.1. The zero-order chi connectivity index (χ0) is 14.9. The lowest BCUT2D eigenvalue weighted by Gasteiger charge is -2.31. The van der Waals surface area contributed by atoms with Gasteiger partial charge in [0.15, 0.2) is 5.13 Å². The molecule has 7 heteroatoms. The molecule has 1 saturated carbocycles.